The Balaban J connectivity index is 0.00000120. The quantitative estimate of drug-likeness (QED) is 0.644. The van der Waals surface area contributed by atoms with Crippen molar-refractivity contribution >= 4 is 10.9 Å². The minimum absolute atomic E-state index is 0. The first kappa shape index (κ1) is 13.3. The number of fused-ring (bicyclic) bond motifs is 1. The number of nitrogens with zero attached hydrogens (tertiary/aromatic N) is 2. The average molecular weight is 308 g/mol. The van der Waals surface area contributed by atoms with Gasteiger partial charge in [-0.1, -0.05) is 6.07 Å². The molecule has 0 amide bonds. The van der Waals surface area contributed by atoms with E-state index in [4.69, 9.17) is 0 Å². The standard InChI is InChI=1S/C15H11N2.Y/c1-11-10-13-8-5-9-16-14(13)15(17-11)12-6-3-2-4-7-12;/h2-3,5-10H,1H3;/q-1;. The molecule has 0 saturated carbocycles. The minimum Gasteiger partial charge on any atom is -0.264 e. The molecule has 18 heavy (non-hydrogen) atoms. The van der Waals surface area contributed by atoms with E-state index >= 15 is 0 Å². The molecule has 3 aromatic rings. The van der Waals surface area contributed by atoms with Crippen molar-refractivity contribution in [1.82, 2.24) is 9.97 Å². The van der Waals surface area contributed by atoms with E-state index in [1.807, 2.05) is 37.3 Å². The van der Waals surface area contributed by atoms with Crippen LogP contribution < -0.4 is 0 Å². The molecule has 0 spiro atoms. The summed E-state index contributed by atoms with van der Waals surface area (Å²) in [7, 11) is 0. The van der Waals surface area contributed by atoms with Gasteiger partial charge in [0.1, 0.15) is 0 Å². The first-order valence-electron chi connectivity index (χ1n) is 5.53. The Morgan fingerprint density at radius 1 is 1.17 bits per heavy atom. The van der Waals surface area contributed by atoms with E-state index in [0.29, 0.717) is 0 Å². The number of hydrogen-bond donors (Lipinski definition) is 0. The molecule has 1 aromatic carbocycles. The second-order valence-corrected chi connectivity index (χ2v) is 3.98. The fourth-order valence-electron chi connectivity index (χ4n) is 1.96. The van der Waals surface area contributed by atoms with Crippen LogP contribution in [0.1, 0.15) is 5.69 Å². The molecule has 0 bridgehead atoms. The third kappa shape index (κ3) is 2.50. The summed E-state index contributed by atoms with van der Waals surface area (Å²) in [6, 6.07) is 17.0. The van der Waals surface area contributed by atoms with E-state index in [2.05, 4.69) is 28.2 Å². The van der Waals surface area contributed by atoms with Crippen LogP contribution in [0.15, 0.2) is 48.7 Å². The molecule has 0 N–H and O–H groups in total. The molecule has 0 fully saturated rings. The molecular weight excluding hydrogens is 297 g/mol. The normalized spacial score (nSPS) is 10.1. The van der Waals surface area contributed by atoms with Gasteiger partial charge in [0.15, 0.2) is 0 Å². The molecule has 3 heteroatoms. The van der Waals surface area contributed by atoms with Crippen LogP contribution in [0.2, 0.25) is 0 Å². The molecule has 0 saturated heterocycles. The van der Waals surface area contributed by atoms with Gasteiger partial charge in [-0.3, -0.25) is 9.97 Å². The Bertz CT molecular complexity index is 666. The van der Waals surface area contributed by atoms with Crippen molar-refractivity contribution in [3.63, 3.8) is 0 Å². The van der Waals surface area contributed by atoms with E-state index in [-0.39, 0.29) is 32.7 Å². The summed E-state index contributed by atoms with van der Waals surface area (Å²) in [6.45, 7) is 2.00. The van der Waals surface area contributed by atoms with Crippen molar-refractivity contribution < 1.29 is 32.7 Å². The average Bonchev–Trinajstić information content (AvgIpc) is 2.39. The number of aromatic nitrogens is 2. The number of benzene rings is 1. The molecule has 2 nitrogen and oxygen atoms in total. The van der Waals surface area contributed by atoms with E-state index in [1.54, 1.807) is 6.20 Å². The molecule has 1 radical (unpaired) electrons. The van der Waals surface area contributed by atoms with Crippen LogP contribution in [0.25, 0.3) is 22.2 Å². The van der Waals surface area contributed by atoms with Crippen LogP contribution in [0.4, 0.5) is 0 Å². The number of hydrogen-bond acceptors (Lipinski definition) is 2. The van der Waals surface area contributed by atoms with Gasteiger partial charge in [-0.15, -0.1) is 5.56 Å². The zero-order valence-electron chi connectivity index (χ0n) is 10.1. The van der Waals surface area contributed by atoms with Crippen LogP contribution in [0.5, 0.6) is 0 Å². The molecule has 0 aliphatic heterocycles. The van der Waals surface area contributed by atoms with Crippen molar-refractivity contribution in [2.24, 2.45) is 0 Å². The molecule has 0 atom stereocenters. The van der Waals surface area contributed by atoms with E-state index < -0.39 is 0 Å². The van der Waals surface area contributed by atoms with Crippen LogP contribution in [-0.4, -0.2) is 9.97 Å². The van der Waals surface area contributed by atoms with E-state index in [9.17, 15) is 0 Å². The SMILES string of the molecule is Cc1cc2cccnc2c(-c2c[c-]ccc2)n1.[Y]. The van der Waals surface area contributed by atoms with Gasteiger partial charge >= 0.3 is 0 Å². The van der Waals surface area contributed by atoms with Gasteiger partial charge in [0, 0.05) is 55.7 Å². The third-order valence-corrected chi connectivity index (χ3v) is 2.70. The first-order chi connectivity index (χ1) is 8.34. The van der Waals surface area contributed by atoms with Crippen molar-refractivity contribution in [2.45, 2.75) is 6.92 Å². The van der Waals surface area contributed by atoms with Gasteiger partial charge in [0.2, 0.25) is 0 Å². The molecule has 3 rings (SSSR count). The summed E-state index contributed by atoms with van der Waals surface area (Å²) in [5.74, 6) is 0. The Kier molecular flexibility index (Phi) is 4.20. The maximum Gasteiger partial charge on any atom is 0.0840 e. The first-order valence-corrected chi connectivity index (χ1v) is 5.53. The maximum atomic E-state index is 4.59. The molecule has 85 valence electrons. The Hall–Kier alpha value is -1.12. The van der Waals surface area contributed by atoms with Gasteiger partial charge < -0.3 is 0 Å². The van der Waals surface area contributed by atoms with Crippen LogP contribution >= 0.6 is 0 Å². The fourth-order valence-corrected chi connectivity index (χ4v) is 1.96. The summed E-state index contributed by atoms with van der Waals surface area (Å²) in [4.78, 5) is 9.01. The molecular formula is C15H11N2Y-. The minimum atomic E-state index is 0. The monoisotopic (exact) mass is 308 g/mol. The predicted octanol–water partition coefficient (Wildman–Crippen LogP) is 3.40. The van der Waals surface area contributed by atoms with Crippen molar-refractivity contribution in [1.29, 1.82) is 0 Å². The number of pyridine rings is 2. The zero-order chi connectivity index (χ0) is 11.7. The molecule has 0 aliphatic carbocycles. The van der Waals surface area contributed by atoms with Gasteiger partial charge in [0.25, 0.3) is 0 Å². The smallest absolute Gasteiger partial charge is 0.0840 e. The molecule has 0 unspecified atom stereocenters. The van der Waals surface area contributed by atoms with Crippen LogP contribution in [0, 0.1) is 13.0 Å². The second-order valence-electron chi connectivity index (χ2n) is 3.98. The summed E-state index contributed by atoms with van der Waals surface area (Å²) in [5, 5.41) is 1.12. The largest absolute Gasteiger partial charge is 0.264 e. The zero-order valence-corrected chi connectivity index (χ0v) is 12.9. The van der Waals surface area contributed by atoms with Crippen LogP contribution in [-0.2, 0) is 32.7 Å². The summed E-state index contributed by atoms with van der Waals surface area (Å²) in [5.41, 5.74) is 3.93. The molecule has 2 aromatic heterocycles. The van der Waals surface area contributed by atoms with E-state index in [1.165, 1.54) is 0 Å². The van der Waals surface area contributed by atoms with Gasteiger partial charge in [-0.05, 0) is 19.1 Å². The van der Waals surface area contributed by atoms with Crippen LogP contribution in [0.3, 0.4) is 0 Å². The Morgan fingerprint density at radius 2 is 2.06 bits per heavy atom. The Morgan fingerprint density at radius 3 is 2.83 bits per heavy atom. The summed E-state index contributed by atoms with van der Waals surface area (Å²) >= 11 is 0. The molecule has 2 heterocycles. The van der Waals surface area contributed by atoms with Crippen molar-refractivity contribution in [3.05, 3.63) is 60.4 Å². The number of rotatable bonds is 1. The molecule has 0 aliphatic rings. The number of aryl methyl sites for hydroxylation is 1. The maximum absolute atomic E-state index is 4.59. The van der Waals surface area contributed by atoms with Crippen molar-refractivity contribution in [2.75, 3.05) is 0 Å². The second kappa shape index (κ2) is 5.68. The summed E-state index contributed by atoms with van der Waals surface area (Å²) in [6.07, 6.45) is 1.80. The Labute approximate surface area is 131 Å². The fraction of sp³-hybridized carbons (Fsp3) is 0.0667. The van der Waals surface area contributed by atoms with Gasteiger partial charge in [-0.2, -0.15) is 30.3 Å². The van der Waals surface area contributed by atoms with Gasteiger partial charge in [0.05, 0.1) is 5.52 Å². The predicted molar refractivity (Wildman–Crippen MR) is 68.5 cm³/mol. The topological polar surface area (TPSA) is 25.8 Å². The summed E-state index contributed by atoms with van der Waals surface area (Å²) < 4.78 is 0. The van der Waals surface area contributed by atoms with Gasteiger partial charge in [-0.25, -0.2) is 0 Å². The van der Waals surface area contributed by atoms with Crippen molar-refractivity contribution in [3.8, 4) is 11.3 Å². The van der Waals surface area contributed by atoms with E-state index in [0.717, 1.165) is 27.9 Å². The third-order valence-electron chi connectivity index (χ3n) is 2.70.